The van der Waals surface area contributed by atoms with E-state index >= 15 is 0 Å². The molecule has 0 saturated carbocycles. The Bertz CT molecular complexity index is 1310. The van der Waals surface area contributed by atoms with Crippen molar-refractivity contribution >= 4 is 136 Å². The number of epoxide rings is 3. The van der Waals surface area contributed by atoms with E-state index in [1.54, 1.807) is 0 Å². The highest BCUT2D eigenvalue weighted by atomic mass is 127. The fourth-order valence-electron chi connectivity index (χ4n) is 4.29. The molecule has 3 aliphatic heterocycles. The fourth-order valence-corrected chi connectivity index (χ4v) is 10.6. The predicted molar refractivity (Wildman–Crippen MR) is 202 cm³/mol. The quantitative estimate of drug-likeness (QED) is 0.105. The molecule has 0 N–H and O–H groups in total. The molecule has 3 aromatic carbocycles. The van der Waals surface area contributed by atoms with Gasteiger partial charge in [-0.05, 0) is 183 Å². The van der Waals surface area contributed by atoms with E-state index in [0.29, 0.717) is 19.8 Å². The Morgan fingerprint density at radius 3 is 1.27 bits per heavy atom. The van der Waals surface area contributed by atoms with E-state index in [1.807, 2.05) is 0 Å². The maximum Gasteiger partial charge on any atom is 0.146 e. The molecular formula is C28H22I6O6. The van der Waals surface area contributed by atoms with Crippen molar-refractivity contribution < 1.29 is 28.4 Å². The molecule has 3 fully saturated rings. The zero-order chi connectivity index (χ0) is 28.0. The van der Waals surface area contributed by atoms with Crippen molar-refractivity contribution in [2.45, 2.75) is 24.2 Å². The molecule has 0 spiro atoms. The number of hydrogen-bond donors (Lipinski definition) is 0. The lowest BCUT2D eigenvalue weighted by Gasteiger charge is -2.25. The van der Waals surface area contributed by atoms with E-state index in [4.69, 9.17) is 28.4 Å². The number of hydrogen-bond acceptors (Lipinski definition) is 6. The SMILES string of the molecule is Ic1cc(I)c(OCC2CO2)c(C(c2cc(I)c(OCC3CO3)c(I)c2)c2cc(I)c(OCC3CO3)c(I)c2)c1. The molecular weight excluding hydrogens is 1190 g/mol. The molecule has 0 amide bonds. The Kier molecular flexibility index (Phi) is 10.8. The van der Waals surface area contributed by atoms with Crippen molar-refractivity contribution in [3.8, 4) is 17.2 Å². The van der Waals surface area contributed by atoms with Crippen LogP contribution in [0.4, 0.5) is 0 Å². The first-order valence-corrected chi connectivity index (χ1v) is 18.9. The van der Waals surface area contributed by atoms with Gasteiger partial charge >= 0.3 is 0 Å². The maximum atomic E-state index is 6.46. The predicted octanol–water partition coefficient (Wildman–Crippen LogP) is 7.83. The van der Waals surface area contributed by atoms with E-state index in [2.05, 4.69) is 172 Å². The van der Waals surface area contributed by atoms with Crippen LogP contribution in [0.1, 0.15) is 22.6 Å². The zero-order valence-corrected chi connectivity index (χ0v) is 33.7. The summed E-state index contributed by atoms with van der Waals surface area (Å²) in [6.07, 6.45) is 0.585. The van der Waals surface area contributed by atoms with Gasteiger partial charge in [-0.1, -0.05) is 0 Å². The number of rotatable bonds is 12. The Hall–Kier alpha value is 1.32. The first-order chi connectivity index (χ1) is 19.3. The van der Waals surface area contributed by atoms with Gasteiger partial charge in [0, 0.05) is 15.1 Å². The standard InChI is InChI=1S/C28H22I6O6/c29-15-5-19(26(24(34)6-15)38-10-16-7-35-16)25(13-1-20(30)27(21(31)2-13)39-11-17-8-36-17)14-3-22(32)28(23(33)4-14)40-12-18-9-37-18/h1-6,16-18,25H,7-12H2. The maximum absolute atomic E-state index is 6.46. The highest BCUT2D eigenvalue weighted by Gasteiger charge is 2.30. The minimum absolute atomic E-state index is 0.0657. The van der Waals surface area contributed by atoms with Crippen LogP contribution in [0.15, 0.2) is 36.4 Å². The average Bonchev–Trinajstić information content (AvgIpc) is 3.73. The van der Waals surface area contributed by atoms with Crippen LogP contribution in [-0.2, 0) is 14.2 Å². The third-order valence-corrected chi connectivity index (χ3v) is 11.1. The van der Waals surface area contributed by atoms with E-state index in [9.17, 15) is 0 Å². The summed E-state index contributed by atoms with van der Waals surface area (Å²) < 4.78 is 41.5. The van der Waals surface area contributed by atoms with Crippen molar-refractivity contribution in [2.75, 3.05) is 39.6 Å². The van der Waals surface area contributed by atoms with Gasteiger partial charge < -0.3 is 28.4 Å². The van der Waals surface area contributed by atoms with E-state index < -0.39 is 0 Å². The summed E-state index contributed by atoms with van der Waals surface area (Å²) in [4.78, 5) is 0. The van der Waals surface area contributed by atoms with Gasteiger partial charge in [-0.3, -0.25) is 0 Å². The molecule has 40 heavy (non-hydrogen) atoms. The highest BCUT2D eigenvalue weighted by molar-refractivity contribution is 14.1. The summed E-state index contributed by atoms with van der Waals surface area (Å²) in [5, 5.41) is 0. The Morgan fingerprint density at radius 2 is 0.900 bits per heavy atom. The van der Waals surface area contributed by atoms with Gasteiger partial charge in [0.25, 0.3) is 0 Å². The lowest BCUT2D eigenvalue weighted by Crippen LogP contribution is -2.13. The summed E-state index contributed by atoms with van der Waals surface area (Å²) in [6.45, 7) is 4.01. The van der Waals surface area contributed by atoms with Crippen LogP contribution in [-0.4, -0.2) is 58.0 Å². The molecule has 12 heteroatoms. The highest BCUT2D eigenvalue weighted by Crippen LogP contribution is 2.45. The topological polar surface area (TPSA) is 65.3 Å². The second kappa shape index (κ2) is 13.8. The fraction of sp³-hybridized carbons (Fsp3) is 0.357. The molecule has 3 saturated heterocycles. The van der Waals surface area contributed by atoms with Crippen molar-refractivity contribution in [3.05, 3.63) is 74.5 Å². The second-order valence-electron chi connectivity index (χ2n) is 9.67. The van der Waals surface area contributed by atoms with Crippen molar-refractivity contribution in [3.63, 3.8) is 0 Å². The first-order valence-electron chi connectivity index (χ1n) is 12.5. The molecule has 3 aliphatic rings. The van der Waals surface area contributed by atoms with E-state index in [1.165, 1.54) is 14.7 Å². The van der Waals surface area contributed by atoms with Gasteiger partial charge in [0.2, 0.25) is 0 Å². The average molecular weight is 1220 g/mol. The summed E-state index contributed by atoms with van der Waals surface area (Å²) in [5.41, 5.74) is 3.50. The second-order valence-corrected chi connectivity index (χ2v) is 16.7. The summed E-state index contributed by atoms with van der Waals surface area (Å²) in [7, 11) is 0. The minimum atomic E-state index is -0.0657. The molecule has 3 unspecified atom stereocenters. The van der Waals surface area contributed by atoms with Crippen molar-refractivity contribution in [2.24, 2.45) is 0 Å². The molecule has 0 aliphatic carbocycles. The van der Waals surface area contributed by atoms with Crippen LogP contribution in [0.3, 0.4) is 0 Å². The zero-order valence-electron chi connectivity index (χ0n) is 20.7. The molecule has 6 rings (SSSR count). The number of benzene rings is 3. The van der Waals surface area contributed by atoms with Crippen LogP contribution in [0.5, 0.6) is 17.2 Å². The van der Waals surface area contributed by atoms with Gasteiger partial charge in [-0.2, -0.15) is 0 Å². The summed E-state index contributed by atoms with van der Waals surface area (Å²) in [5.74, 6) is 2.67. The molecule has 3 aromatic rings. The molecule has 0 aromatic heterocycles. The number of ether oxygens (including phenoxy) is 6. The largest absolute Gasteiger partial charge is 0.489 e. The van der Waals surface area contributed by atoms with Crippen LogP contribution >= 0.6 is 136 Å². The van der Waals surface area contributed by atoms with Crippen LogP contribution < -0.4 is 14.2 Å². The molecule has 3 atom stereocenters. The van der Waals surface area contributed by atoms with Gasteiger partial charge in [0.15, 0.2) is 0 Å². The Morgan fingerprint density at radius 1 is 0.550 bits per heavy atom. The lowest BCUT2D eigenvalue weighted by molar-refractivity contribution is 0.259. The molecule has 0 bridgehead atoms. The number of halogens is 6. The van der Waals surface area contributed by atoms with Gasteiger partial charge in [0.05, 0.1) is 37.7 Å². The van der Waals surface area contributed by atoms with Crippen molar-refractivity contribution in [1.82, 2.24) is 0 Å². The molecule has 212 valence electrons. The van der Waals surface area contributed by atoms with E-state index in [-0.39, 0.29) is 24.2 Å². The lowest BCUT2D eigenvalue weighted by atomic mass is 9.84. The van der Waals surface area contributed by atoms with Gasteiger partial charge in [0.1, 0.15) is 55.4 Å². The third-order valence-electron chi connectivity index (χ3n) is 6.50. The molecule has 3 heterocycles. The summed E-state index contributed by atoms with van der Waals surface area (Å²) >= 11 is 14.4. The third kappa shape index (κ3) is 7.93. The van der Waals surface area contributed by atoms with Crippen molar-refractivity contribution in [1.29, 1.82) is 0 Å². The Labute approximate surface area is 314 Å². The normalized spacial score (nSPS) is 21.6. The first kappa shape index (κ1) is 31.3. The minimum Gasteiger partial charge on any atom is -0.489 e. The summed E-state index contributed by atoms with van der Waals surface area (Å²) in [6, 6.07) is 13.4. The van der Waals surface area contributed by atoms with Crippen LogP contribution in [0, 0.1) is 21.4 Å². The van der Waals surface area contributed by atoms with E-state index in [0.717, 1.165) is 60.5 Å². The smallest absolute Gasteiger partial charge is 0.146 e. The monoisotopic (exact) mass is 1220 g/mol. The molecule has 0 radical (unpaired) electrons. The Balaban J connectivity index is 1.44. The van der Waals surface area contributed by atoms with Gasteiger partial charge in [-0.15, -0.1) is 0 Å². The molecule has 6 nitrogen and oxygen atoms in total. The van der Waals surface area contributed by atoms with Gasteiger partial charge in [-0.25, -0.2) is 0 Å². The van der Waals surface area contributed by atoms with Crippen LogP contribution in [0.2, 0.25) is 0 Å². The van der Waals surface area contributed by atoms with Crippen LogP contribution in [0.25, 0.3) is 0 Å².